The molecule has 1 aliphatic heterocycles. The van der Waals surface area contributed by atoms with Crippen LogP contribution in [-0.4, -0.2) is 18.3 Å². The van der Waals surface area contributed by atoms with Crippen molar-refractivity contribution in [2.75, 3.05) is 13.2 Å². The quantitative estimate of drug-likeness (QED) is 0.776. The van der Waals surface area contributed by atoms with E-state index in [1.807, 2.05) is 12.1 Å². The van der Waals surface area contributed by atoms with E-state index in [2.05, 4.69) is 0 Å². The fourth-order valence-corrected chi connectivity index (χ4v) is 2.05. The molecule has 1 N–H and O–H groups in total. The van der Waals surface area contributed by atoms with Gasteiger partial charge < -0.3 is 9.84 Å². The summed E-state index contributed by atoms with van der Waals surface area (Å²) in [5, 5.41) is 10.2. The Morgan fingerprint density at radius 1 is 1.29 bits per heavy atom. The van der Waals surface area contributed by atoms with Gasteiger partial charge >= 0.3 is 0 Å². The van der Waals surface area contributed by atoms with Gasteiger partial charge in [0.25, 0.3) is 0 Å². The zero-order valence-electron chi connectivity index (χ0n) is 7.87. The van der Waals surface area contributed by atoms with Crippen LogP contribution >= 0.6 is 11.6 Å². The van der Waals surface area contributed by atoms with Gasteiger partial charge in [-0.15, -0.1) is 0 Å². The van der Waals surface area contributed by atoms with Gasteiger partial charge in [0.05, 0.1) is 5.02 Å². The van der Waals surface area contributed by atoms with Gasteiger partial charge in [-0.1, -0.05) is 23.7 Å². The van der Waals surface area contributed by atoms with Gasteiger partial charge in [0.1, 0.15) is 5.75 Å². The molecule has 0 unspecified atom stereocenters. The Morgan fingerprint density at radius 3 is 2.71 bits per heavy atom. The van der Waals surface area contributed by atoms with E-state index in [4.69, 9.17) is 16.3 Å². The lowest BCUT2D eigenvalue weighted by molar-refractivity contribution is 0.0848. The predicted octanol–water partition coefficient (Wildman–Crippen LogP) is 2.94. The number of benzene rings is 1. The van der Waals surface area contributed by atoms with Crippen LogP contribution in [0.2, 0.25) is 5.02 Å². The van der Waals surface area contributed by atoms with Crippen LogP contribution < -0.4 is 0 Å². The monoisotopic (exact) mass is 212 g/mol. The number of ether oxygens (including phenoxy) is 1. The Morgan fingerprint density at radius 2 is 2.00 bits per heavy atom. The minimum atomic E-state index is 0.237. The lowest BCUT2D eigenvalue weighted by atomic mass is 9.91. The normalized spacial score (nSPS) is 18.4. The van der Waals surface area contributed by atoms with Crippen LogP contribution in [0.3, 0.4) is 0 Å². The molecule has 3 heteroatoms. The maximum atomic E-state index is 9.78. The Labute approximate surface area is 88.5 Å². The molecule has 0 radical (unpaired) electrons. The van der Waals surface area contributed by atoms with E-state index in [1.54, 1.807) is 6.07 Å². The topological polar surface area (TPSA) is 29.5 Å². The Bertz CT molecular complexity index is 319. The van der Waals surface area contributed by atoms with Crippen LogP contribution in [-0.2, 0) is 4.74 Å². The van der Waals surface area contributed by atoms with Crippen molar-refractivity contribution in [2.45, 2.75) is 18.8 Å². The second-order valence-electron chi connectivity index (χ2n) is 3.56. The average Bonchev–Trinajstić information content (AvgIpc) is 2.23. The lowest BCUT2D eigenvalue weighted by Crippen LogP contribution is -2.14. The zero-order valence-corrected chi connectivity index (χ0v) is 8.63. The average molecular weight is 213 g/mol. The van der Waals surface area contributed by atoms with Crippen molar-refractivity contribution in [1.82, 2.24) is 0 Å². The maximum Gasteiger partial charge on any atom is 0.137 e. The van der Waals surface area contributed by atoms with Gasteiger partial charge in [0.15, 0.2) is 0 Å². The highest BCUT2D eigenvalue weighted by Crippen LogP contribution is 2.36. The summed E-state index contributed by atoms with van der Waals surface area (Å²) in [4.78, 5) is 0. The van der Waals surface area contributed by atoms with E-state index < -0.39 is 0 Å². The molecule has 1 saturated heterocycles. The molecule has 2 nitrogen and oxygen atoms in total. The van der Waals surface area contributed by atoms with Gasteiger partial charge in [-0.2, -0.15) is 0 Å². The fraction of sp³-hybridized carbons (Fsp3) is 0.455. The van der Waals surface area contributed by atoms with E-state index in [0.29, 0.717) is 10.9 Å². The van der Waals surface area contributed by atoms with Crippen molar-refractivity contribution in [1.29, 1.82) is 0 Å². The molecule has 1 aromatic rings. The smallest absolute Gasteiger partial charge is 0.137 e. The maximum absolute atomic E-state index is 9.78. The summed E-state index contributed by atoms with van der Waals surface area (Å²) in [6, 6.07) is 5.53. The molecule has 1 aliphatic rings. The van der Waals surface area contributed by atoms with Gasteiger partial charge in [-0.3, -0.25) is 0 Å². The number of phenolic OH excluding ortho intramolecular Hbond substituents is 1. The van der Waals surface area contributed by atoms with Gasteiger partial charge in [-0.25, -0.2) is 0 Å². The minimum Gasteiger partial charge on any atom is -0.506 e. The van der Waals surface area contributed by atoms with Gasteiger partial charge in [0.2, 0.25) is 0 Å². The van der Waals surface area contributed by atoms with Crippen molar-refractivity contribution in [3.63, 3.8) is 0 Å². The number of aromatic hydroxyl groups is 1. The lowest BCUT2D eigenvalue weighted by Gasteiger charge is -2.23. The van der Waals surface area contributed by atoms with E-state index in [9.17, 15) is 5.11 Å². The summed E-state index contributed by atoms with van der Waals surface area (Å²) in [7, 11) is 0. The van der Waals surface area contributed by atoms with Crippen LogP contribution in [0.4, 0.5) is 0 Å². The first-order valence-electron chi connectivity index (χ1n) is 4.84. The molecule has 0 bridgehead atoms. The second kappa shape index (κ2) is 4.20. The SMILES string of the molecule is Oc1c(Cl)cccc1C1CCOCC1. The van der Waals surface area contributed by atoms with E-state index in [-0.39, 0.29) is 5.75 Å². The first kappa shape index (κ1) is 9.81. The Balaban J connectivity index is 2.26. The van der Waals surface area contributed by atoms with E-state index >= 15 is 0 Å². The standard InChI is InChI=1S/C11H13ClO2/c12-10-3-1-2-9(11(10)13)8-4-6-14-7-5-8/h1-3,8,13H,4-7H2. The molecule has 1 heterocycles. The molecule has 1 aromatic carbocycles. The van der Waals surface area contributed by atoms with Crippen LogP contribution in [0.1, 0.15) is 24.3 Å². The van der Waals surface area contributed by atoms with E-state index in [1.165, 1.54) is 0 Å². The number of phenols is 1. The number of hydrogen-bond acceptors (Lipinski definition) is 2. The highest BCUT2D eigenvalue weighted by molar-refractivity contribution is 6.32. The van der Waals surface area contributed by atoms with Crippen molar-refractivity contribution >= 4 is 11.6 Å². The van der Waals surface area contributed by atoms with Crippen molar-refractivity contribution in [3.8, 4) is 5.75 Å². The number of para-hydroxylation sites is 1. The number of rotatable bonds is 1. The first-order chi connectivity index (χ1) is 6.79. The third-order valence-electron chi connectivity index (χ3n) is 2.68. The summed E-state index contributed by atoms with van der Waals surface area (Å²) >= 11 is 5.85. The third-order valence-corrected chi connectivity index (χ3v) is 2.98. The zero-order chi connectivity index (χ0) is 9.97. The number of halogens is 1. The molecule has 2 rings (SSSR count). The summed E-state index contributed by atoms with van der Waals surface area (Å²) in [5.41, 5.74) is 0.959. The molecule has 1 fully saturated rings. The molecule has 0 atom stereocenters. The largest absolute Gasteiger partial charge is 0.506 e. The molecular formula is C11H13ClO2. The summed E-state index contributed by atoms with van der Waals surface area (Å²) in [5.74, 6) is 0.628. The molecule has 0 aliphatic carbocycles. The van der Waals surface area contributed by atoms with Crippen LogP contribution in [0, 0.1) is 0 Å². The van der Waals surface area contributed by atoms with Crippen LogP contribution in [0.5, 0.6) is 5.75 Å². The van der Waals surface area contributed by atoms with Gasteiger partial charge in [0, 0.05) is 13.2 Å². The molecule has 76 valence electrons. The van der Waals surface area contributed by atoms with Crippen molar-refractivity contribution < 1.29 is 9.84 Å². The molecule has 0 spiro atoms. The molecule has 0 aromatic heterocycles. The summed E-state index contributed by atoms with van der Waals surface area (Å²) in [6.45, 7) is 1.55. The van der Waals surface area contributed by atoms with Crippen molar-refractivity contribution in [2.24, 2.45) is 0 Å². The highest BCUT2D eigenvalue weighted by Gasteiger charge is 2.19. The predicted molar refractivity (Wildman–Crippen MR) is 55.9 cm³/mol. The molecular weight excluding hydrogens is 200 g/mol. The molecule has 14 heavy (non-hydrogen) atoms. The minimum absolute atomic E-state index is 0.237. The van der Waals surface area contributed by atoms with Gasteiger partial charge in [-0.05, 0) is 30.4 Å². The highest BCUT2D eigenvalue weighted by atomic mass is 35.5. The van der Waals surface area contributed by atoms with Crippen LogP contribution in [0.15, 0.2) is 18.2 Å². The van der Waals surface area contributed by atoms with E-state index in [0.717, 1.165) is 31.6 Å². The number of hydrogen-bond donors (Lipinski definition) is 1. The second-order valence-corrected chi connectivity index (χ2v) is 3.97. The summed E-state index contributed by atoms with van der Waals surface area (Å²) in [6.07, 6.45) is 1.93. The molecule has 0 saturated carbocycles. The van der Waals surface area contributed by atoms with Crippen LogP contribution in [0.25, 0.3) is 0 Å². The third kappa shape index (κ3) is 1.86. The fourth-order valence-electron chi connectivity index (χ4n) is 1.87. The van der Waals surface area contributed by atoms with Crippen molar-refractivity contribution in [3.05, 3.63) is 28.8 Å². The molecule has 0 amide bonds. The Kier molecular flexibility index (Phi) is 2.94. The summed E-state index contributed by atoms with van der Waals surface area (Å²) < 4.78 is 5.28. The first-order valence-corrected chi connectivity index (χ1v) is 5.22. The Hall–Kier alpha value is -0.730.